The highest BCUT2D eigenvalue weighted by Gasteiger charge is 2.53. The Labute approximate surface area is 160 Å². The van der Waals surface area contributed by atoms with Gasteiger partial charge in [-0.3, -0.25) is 14.5 Å². The summed E-state index contributed by atoms with van der Waals surface area (Å²) in [5.74, 6) is -0.0107. The van der Waals surface area contributed by atoms with Crippen LogP contribution in [0.2, 0.25) is 0 Å². The third-order valence-electron chi connectivity index (χ3n) is 5.66. The molecule has 2 aliphatic heterocycles. The third kappa shape index (κ3) is 3.99. The fourth-order valence-electron chi connectivity index (χ4n) is 3.94. The van der Waals surface area contributed by atoms with E-state index in [1.165, 1.54) is 16.0 Å². The van der Waals surface area contributed by atoms with Crippen molar-refractivity contribution in [2.75, 3.05) is 13.1 Å². The zero-order chi connectivity index (χ0) is 19.6. The zero-order valence-corrected chi connectivity index (χ0v) is 16.5. The van der Waals surface area contributed by atoms with E-state index in [1.54, 1.807) is 0 Å². The van der Waals surface area contributed by atoms with Crippen LogP contribution in [0.5, 0.6) is 0 Å². The van der Waals surface area contributed by atoms with E-state index in [4.69, 9.17) is 0 Å². The van der Waals surface area contributed by atoms with Crippen LogP contribution in [-0.4, -0.2) is 52.3 Å². The molecule has 6 heteroatoms. The van der Waals surface area contributed by atoms with E-state index in [2.05, 4.69) is 36.5 Å². The van der Waals surface area contributed by atoms with Gasteiger partial charge in [-0.15, -0.1) is 0 Å². The van der Waals surface area contributed by atoms with Gasteiger partial charge < -0.3 is 10.2 Å². The third-order valence-corrected chi connectivity index (χ3v) is 5.66. The first-order valence-corrected chi connectivity index (χ1v) is 9.81. The smallest absolute Gasteiger partial charge is 0.325 e. The topological polar surface area (TPSA) is 69.7 Å². The zero-order valence-electron chi connectivity index (χ0n) is 16.5. The molecule has 0 unspecified atom stereocenters. The minimum atomic E-state index is -0.819. The van der Waals surface area contributed by atoms with Crippen molar-refractivity contribution in [3.8, 4) is 0 Å². The molecule has 0 aliphatic carbocycles. The number of likely N-dealkylation sites (tertiary alicyclic amines) is 1. The second-order valence-electron chi connectivity index (χ2n) is 8.00. The minimum absolute atomic E-state index is 0.134. The van der Waals surface area contributed by atoms with Crippen LogP contribution in [0.4, 0.5) is 4.79 Å². The molecule has 2 heterocycles. The van der Waals surface area contributed by atoms with Gasteiger partial charge in [0.2, 0.25) is 5.91 Å². The SMILES string of the molecule is Cc1ccc(CCCC(=O)N2CCC3(CC2)NC(=O)N(C(C)C)C3=O)cc1. The predicted molar refractivity (Wildman–Crippen MR) is 103 cm³/mol. The van der Waals surface area contributed by atoms with Gasteiger partial charge in [0.1, 0.15) is 5.54 Å². The van der Waals surface area contributed by atoms with Crippen LogP contribution in [0.25, 0.3) is 0 Å². The minimum Gasteiger partial charge on any atom is -0.342 e. The maximum atomic E-state index is 12.7. The molecule has 0 saturated carbocycles. The molecule has 2 fully saturated rings. The molecule has 0 radical (unpaired) electrons. The number of amides is 4. The number of nitrogens with one attached hydrogen (secondary N) is 1. The number of carbonyl (C=O) groups excluding carboxylic acids is 3. The Balaban J connectivity index is 1.49. The van der Waals surface area contributed by atoms with Crippen LogP contribution >= 0.6 is 0 Å². The first kappa shape index (κ1) is 19.4. The Morgan fingerprint density at radius 3 is 2.33 bits per heavy atom. The van der Waals surface area contributed by atoms with Crippen molar-refractivity contribution >= 4 is 17.8 Å². The summed E-state index contributed by atoms with van der Waals surface area (Å²) >= 11 is 0. The van der Waals surface area contributed by atoms with E-state index in [-0.39, 0.29) is 23.9 Å². The molecule has 27 heavy (non-hydrogen) atoms. The van der Waals surface area contributed by atoms with Crippen molar-refractivity contribution in [1.82, 2.24) is 15.1 Å². The lowest BCUT2D eigenvalue weighted by Crippen LogP contribution is -2.56. The lowest BCUT2D eigenvalue weighted by atomic mass is 9.87. The quantitative estimate of drug-likeness (QED) is 0.809. The summed E-state index contributed by atoms with van der Waals surface area (Å²) in [6.07, 6.45) is 3.20. The van der Waals surface area contributed by atoms with Crippen molar-refractivity contribution in [3.05, 3.63) is 35.4 Å². The van der Waals surface area contributed by atoms with Gasteiger partial charge in [0, 0.05) is 25.6 Å². The maximum absolute atomic E-state index is 12.7. The summed E-state index contributed by atoms with van der Waals surface area (Å²) in [5, 5.41) is 2.88. The molecule has 146 valence electrons. The average molecular weight is 371 g/mol. The van der Waals surface area contributed by atoms with Gasteiger partial charge in [-0.2, -0.15) is 0 Å². The molecule has 1 aromatic rings. The molecule has 3 rings (SSSR count). The van der Waals surface area contributed by atoms with Gasteiger partial charge in [0.05, 0.1) is 0 Å². The Hall–Kier alpha value is -2.37. The molecule has 1 aromatic carbocycles. The van der Waals surface area contributed by atoms with E-state index in [9.17, 15) is 14.4 Å². The van der Waals surface area contributed by atoms with E-state index >= 15 is 0 Å². The number of rotatable bonds is 5. The Bertz CT molecular complexity index is 719. The van der Waals surface area contributed by atoms with Gasteiger partial charge in [0.25, 0.3) is 5.91 Å². The molecule has 2 saturated heterocycles. The first-order chi connectivity index (χ1) is 12.8. The number of imide groups is 1. The summed E-state index contributed by atoms with van der Waals surface area (Å²) < 4.78 is 0. The maximum Gasteiger partial charge on any atom is 0.325 e. The molecule has 2 aliphatic rings. The lowest BCUT2D eigenvalue weighted by molar-refractivity contribution is -0.139. The standard InChI is InChI=1S/C21H29N3O3/c1-15(2)24-19(26)21(22-20(24)27)11-13-23(14-12-21)18(25)6-4-5-17-9-7-16(3)8-10-17/h7-10,15H,4-6,11-14H2,1-3H3,(H,22,27). The van der Waals surface area contributed by atoms with Crippen LogP contribution in [0.3, 0.4) is 0 Å². The monoisotopic (exact) mass is 371 g/mol. The Morgan fingerprint density at radius 1 is 1.15 bits per heavy atom. The average Bonchev–Trinajstić information content (AvgIpc) is 2.87. The van der Waals surface area contributed by atoms with Crippen LogP contribution in [-0.2, 0) is 16.0 Å². The van der Waals surface area contributed by atoms with Crippen molar-refractivity contribution in [3.63, 3.8) is 0 Å². The number of benzene rings is 1. The predicted octanol–water partition coefficient (Wildman–Crippen LogP) is 2.64. The molecule has 0 aromatic heterocycles. The number of piperidine rings is 1. The summed E-state index contributed by atoms with van der Waals surface area (Å²) in [4.78, 5) is 40.5. The summed E-state index contributed by atoms with van der Waals surface area (Å²) in [5.41, 5.74) is 1.67. The van der Waals surface area contributed by atoms with E-state index in [0.717, 1.165) is 12.8 Å². The molecule has 6 nitrogen and oxygen atoms in total. The van der Waals surface area contributed by atoms with Crippen LogP contribution in [0, 0.1) is 6.92 Å². The van der Waals surface area contributed by atoms with E-state index in [1.807, 2.05) is 18.7 Å². The first-order valence-electron chi connectivity index (χ1n) is 9.81. The van der Waals surface area contributed by atoms with Gasteiger partial charge in [-0.05, 0) is 52.0 Å². The molecular formula is C21H29N3O3. The molecular weight excluding hydrogens is 342 g/mol. The summed E-state index contributed by atoms with van der Waals surface area (Å²) in [6.45, 7) is 6.77. The van der Waals surface area contributed by atoms with Crippen molar-refractivity contribution in [1.29, 1.82) is 0 Å². The largest absolute Gasteiger partial charge is 0.342 e. The van der Waals surface area contributed by atoms with Crippen molar-refractivity contribution < 1.29 is 14.4 Å². The molecule has 1 N–H and O–H groups in total. The molecule has 0 bridgehead atoms. The van der Waals surface area contributed by atoms with Gasteiger partial charge in [0.15, 0.2) is 0 Å². The summed E-state index contributed by atoms with van der Waals surface area (Å²) in [7, 11) is 0. The number of hydrogen-bond acceptors (Lipinski definition) is 3. The second-order valence-corrected chi connectivity index (χ2v) is 8.00. The highest BCUT2D eigenvalue weighted by molar-refractivity contribution is 6.07. The van der Waals surface area contributed by atoms with Gasteiger partial charge in [-0.1, -0.05) is 29.8 Å². The highest BCUT2D eigenvalue weighted by atomic mass is 16.2. The fourth-order valence-corrected chi connectivity index (χ4v) is 3.94. The lowest BCUT2D eigenvalue weighted by Gasteiger charge is -2.37. The highest BCUT2D eigenvalue weighted by Crippen LogP contribution is 2.30. The van der Waals surface area contributed by atoms with Gasteiger partial charge in [-0.25, -0.2) is 4.79 Å². The van der Waals surface area contributed by atoms with Crippen molar-refractivity contribution in [2.45, 2.75) is 64.5 Å². The van der Waals surface area contributed by atoms with Crippen LogP contribution in [0.15, 0.2) is 24.3 Å². The van der Waals surface area contributed by atoms with Gasteiger partial charge >= 0.3 is 6.03 Å². The normalized spacial score (nSPS) is 19.1. The second kappa shape index (κ2) is 7.71. The summed E-state index contributed by atoms with van der Waals surface area (Å²) in [6, 6.07) is 7.94. The van der Waals surface area contributed by atoms with Crippen LogP contribution < -0.4 is 5.32 Å². The number of aryl methyl sites for hydroxylation is 2. The number of carbonyl (C=O) groups is 3. The number of hydrogen-bond donors (Lipinski definition) is 1. The number of urea groups is 1. The van der Waals surface area contributed by atoms with Crippen LogP contribution in [0.1, 0.15) is 50.7 Å². The molecule has 1 spiro atoms. The fraction of sp³-hybridized carbons (Fsp3) is 0.571. The Kier molecular flexibility index (Phi) is 5.53. The Morgan fingerprint density at radius 2 is 1.78 bits per heavy atom. The van der Waals surface area contributed by atoms with E-state index < -0.39 is 5.54 Å². The van der Waals surface area contributed by atoms with E-state index in [0.29, 0.717) is 32.4 Å². The molecule has 4 amide bonds. The van der Waals surface area contributed by atoms with Crippen molar-refractivity contribution in [2.24, 2.45) is 0 Å². The number of nitrogens with zero attached hydrogens (tertiary/aromatic N) is 2. The molecule has 0 atom stereocenters.